The summed E-state index contributed by atoms with van der Waals surface area (Å²) in [5, 5.41) is 106. The van der Waals surface area contributed by atoms with Crippen LogP contribution in [0.3, 0.4) is 0 Å². The molecule has 18 atom stereocenters. The van der Waals surface area contributed by atoms with E-state index in [9.17, 15) is 74.7 Å². The largest absolute Gasteiger partial charge is 0.508 e. The number of aromatic hydroxyl groups is 1. The summed E-state index contributed by atoms with van der Waals surface area (Å²) in [7, 11) is 0. The van der Waals surface area contributed by atoms with Crippen molar-refractivity contribution < 1.29 is 93.7 Å². The number of hydrogen-bond donors (Lipinski definition) is 19. The van der Waals surface area contributed by atoms with Gasteiger partial charge in [0.15, 0.2) is 24.5 Å². The van der Waals surface area contributed by atoms with Gasteiger partial charge in [-0.2, -0.15) is 0 Å². The Hall–Kier alpha value is -6.10. The Morgan fingerprint density at radius 1 is 0.636 bits per heavy atom. The number of aliphatic imine (C=N–C) groups is 2. The van der Waals surface area contributed by atoms with E-state index in [1.165, 1.54) is 45.0 Å². The summed E-state index contributed by atoms with van der Waals surface area (Å²) in [6.07, 6.45) is -20.3. The van der Waals surface area contributed by atoms with E-state index in [1.807, 2.05) is 0 Å². The predicted molar refractivity (Wildman–Crippen MR) is 269 cm³/mol. The summed E-state index contributed by atoms with van der Waals surface area (Å²) in [6, 6.07) is -3.20. The number of aliphatic hydroxyl groups excluding tert-OH is 7. The monoisotopic (exact) mass is 1100 g/mol. The van der Waals surface area contributed by atoms with Crippen LogP contribution in [0.1, 0.15) is 65.4 Å². The number of carboxylic acid groups (broad SMARTS) is 1. The van der Waals surface area contributed by atoms with Crippen molar-refractivity contribution >= 4 is 47.4 Å². The van der Waals surface area contributed by atoms with Crippen molar-refractivity contribution in [1.82, 2.24) is 26.6 Å². The standard InChI is InChI=1S/C46H78N12O19/c1-5-19(2)29(42(72)73)57-41(71)30(21(4)74-43-35(66)33(64)36(28(18-60)76-43)77-44-34(65)32(63)31(62)27(17-59)75-44)58-39(69)25(9-7-15-53-46(50)51)54-38(68)24(8-6-14-52-45(48)49)55-40(70)26(56-37(67)20(3)47)16-22-10-12-23(61)13-11-22/h10-13,19-21,24-36,43-44,59-66H,5-9,14-18,47H2,1-4H3,(H,54,68)(H,55,70)(H,56,67)(H,57,71)(H,58,69)(H,72,73)(H4,48,49,52)(H4,50,51,53)/t19-,20-,21+,24-,25-,26-,27+,28+,29-,30-,31-,32-,33+,34+,35+,36+,43-,44-/m0/s1. The molecule has 0 spiro atoms. The van der Waals surface area contributed by atoms with Gasteiger partial charge in [-0.25, -0.2) is 4.79 Å². The number of aliphatic hydroxyl groups is 7. The number of ether oxygens (including phenoxy) is 4. The van der Waals surface area contributed by atoms with Gasteiger partial charge in [0.25, 0.3) is 0 Å². The molecule has 31 nitrogen and oxygen atoms in total. The molecule has 31 heteroatoms. The third kappa shape index (κ3) is 19.7. The van der Waals surface area contributed by atoms with Crippen molar-refractivity contribution in [2.24, 2.45) is 44.6 Å². The van der Waals surface area contributed by atoms with Gasteiger partial charge in [-0.15, -0.1) is 0 Å². The van der Waals surface area contributed by atoms with Crippen molar-refractivity contribution in [3.63, 3.8) is 0 Å². The van der Waals surface area contributed by atoms with Crippen molar-refractivity contribution in [1.29, 1.82) is 0 Å². The Kier molecular flexibility index (Phi) is 26.5. The first-order valence-corrected chi connectivity index (χ1v) is 24.9. The number of nitrogens with two attached hydrogens (primary N) is 5. The Morgan fingerprint density at radius 2 is 1.12 bits per heavy atom. The number of carbonyl (C=O) groups is 6. The van der Waals surface area contributed by atoms with Gasteiger partial charge in [-0.1, -0.05) is 32.4 Å². The second kappa shape index (κ2) is 31.3. The van der Waals surface area contributed by atoms with E-state index in [0.29, 0.717) is 5.56 Å². The van der Waals surface area contributed by atoms with Gasteiger partial charge in [0, 0.05) is 19.5 Å². The van der Waals surface area contributed by atoms with Crippen LogP contribution in [-0.2, 0) is 54.1 Å². The van der Waals surface area contributed by atoms with Crippen molar-refractivity contribution in [2.75, 3.05) is 26.3 Å². The van der Waals surface area contributed by atoms with Crippen LogP contribution in [-0.4, -0.2) is 223 Å². The predicted octanol–water partition coefficient (Wildman–Crippen LogP) is -8.03. The molecule has 2 aliphatic heterocycles. The van der Waals surface area contributed by atoms with Crippen molar-refractivity contribution in [3.05, 3.63) is 29.8 Å². The molecule has 0 saturated carbocycles. The van der Waals surface area contributed by atoms with Crippen LogP contribution >= 0.6 is 0 Å². The molecule has 1 aromatic carbocycles. The zero-order valence-electron chi connectivity index (χ0n) is 43.2. The van der Waals surface area contributed by atoms with Gasteiger partial charge in [0.05, 0.1) is 25.4 Å². The number of phenolic OH excluding ortho intramolecular Hbond substituents is 1. The number of phenols is 1. The molecular formula is C46H78N12O19. The number of hydrogen-bond acceptors (Lipinski definition) is 21. The Labute approximate surface area is 443 Å². The smallest absolute Gasteiger partial charge is 0.326 e. The first-order valence-electron chi connectivity index (χ1n) is 24.9. The highest BCUT2D eigenvalue weighted by Crippen LogP contribution is 2.30. The molecule has 2 saturated heterocycles. The van der Waals surface area contributed by atoms with E-state index < -0.39 is 158 Å². The second-order valence-electron chi connectivity index (χ2n) is 18.8. The van der Waals surface area contributed by atoms with Crippen molar-refractivity contribution in [3.8, 4) is 5.75 Å². The fraction of sp³-hybridized carbons (Fsp3) is 0.696. The number of nitrogens with zero attached hydrogens (tertiary/aromatic N) is 2. The number of carbonyl (C=O) groups excluding carboxylic acids is 5. The van der Waals surface area contributed by atoms with E-state index in [0.717, 1.165) is 0 Å². The molecule has 5 amide bonds. The molecule has 0 bridgehead atoms. The van der Waals surface area contributed by atoms with Gasteiger partial charge in [0.2, 0.25) is 29.5 Å². The van der Waals surface area contributed by atoms with Crippen LogP contribution in [0.4, 0.5) is 0 Å². The summed E-state index contributed by atoms with van der Waals surface area (Å²) < 4.78 is 22.6. The van der Waals surface area contributed by atoms with Crippen LogP contribution in [0.5, 0.6) is 5.75 Å². The fourth-order valence-electron chi connectivity index (χ4n) is 8.00. The maximum Gasteiger partial charge on any atom is 0.326 e. The van der Waals surface area contributed by atoms with Crippen LogP contribution in [0, 0.1) is 5.92 Å². The van der Waals surface area contributed by atoms with Crippen LogP contribution < -0.4 is 55.3 Å². The summed E-state index contributed by atoms with van der Waals surface area (Å²) in [5.41, 5.74) is 28.3. The lowest BCUT2D eigenvalue weighted by atomic mass is 9.97. The molecule has 2 aliphatic rings. The summed E-state index contributed by atoms with van der Waals surface area (Å²) in [6.45, 7) is 3.88. The number of rotatable bonds is 30. The Morgan fingerprint density at radius 3 is 1.61 bits per heavy atom. The van der Waals surface area contributed by atoms with E-state index in [2.05, 4.69) is 36.6 Å². The van der Waals surface area contributed by atoms with E-state index in [1.54, 1.807) is 6.92 Å². The van der Waals surface area contributed by atoms with Gasteiger partial charge < -0.3 is 120 Å². The van der Waals surface area contributed by atoms with Crippen LogP contribution in [0.15, 0.2) is 34.3 Å². The molecule has 2 fully saturated rings. The third-order valence-electron chi connectivity index (χ3n) is 12.7. The highest BCUT2D eigenvalue weighted by atomic mass is 16.7. The molecule has 24 N–H and O–H groups in total. The number of benzene rings is 1. The second-order valence-corrected chi connectivity index (χ2v) is 18.8. The lowest BCUT2D eigenvalue weighted by molar-refractivity contribution is -0.362. The first-order chi connectivity index (χ1) is 36.2. The quantitative estimate of drug-likeness (QED) is 0.0193. The topological polar surface area (TPSA) is 536 Å². The summed E-state index contributed by atoms with van der Waals surface area (Å²) in [5.74, 6) is -7.58. The molecular weight excluding hydrogens is 1020 g/mol. The SMILES string of the molecule is CC[C@H](C)[C@H](NC(=O)[C@@H](NC(=O)[C@H](CCCN=C(N)N)NC(=O)[C@H](CCCN=C(N)N)NC(=O)[C@H](Cc1ccc(O)cc1)NC(=O)[C@H](C)N)[C@@H](C)O[C@H]1O[C@H](CO)[C@@H](O[C@@H]2O[C@H](CO)[C@H](O)[C@H](O)[C@H]2O)[C@H](O)[C@H]1O)C(=O)O. The molecule has 3 rings (SSSR count). The molecule has 77 heavy (non-hydrogen) atoms. The molecule has 0 aromatic heterocycles. The molecule has 2 heterocycles. The zero-order valence-corrected chi connectivity index (χ0v) is 43.2. The Balaban J connectivity index is 2.02. The lowest BCUT2D eigenvalue weighted by Crippen LogP contribution is -2.65. The minimum Gasteiger partial charge on any atom is -0.508 e. The van der Waals surface area contributed by atoms with Gasteiger partial charge in [-0.3, -0.25) is 34.0 Å². The average Bonchev–Trinajstić information content (AvgIpc) is 3.38. The summed E-state index contributed by atoms with van der Waals surface area (Å²) >= 11 is 0. The van der Waals surface area contributed by atoms with E-state index >= 15 is 0 Å². The molecule has 0 unspecified atom stereocenters. The molecule has 1 aromatic rings. The van der Waals surface area contributed by atoms with Gasteiger partial charge in [-0.05, 0) is 63.1 Å². The third-order valence-corrected chi connectivity index (χ3v) is 12.7. The average molecular weight is 1100 g/mol. The Bertz CT molecular complexity index is 2130. The normalized spacial score (nSPS) is 26.4. The maximum atomic E-state index is 14.6. The highest BCUT2D eigenvalue weighted by Gasteiger charge is 2.51. The van der Waals surface area contributed by atoms with Gasteiger partial charge in [0.1, 0.15) is 84.8 Å². The molecule has 0 aliphatic carbocycles. The number of aliphatic carboxylic acids is 1. The first kappa shape index (κ1) is 65.2. The van der Waals surface area contributed by atoms with Crippen molar-refractivity contribution in [2.45, 2.75) is 170 Å². The number of amides is 5. The molecule has 0 radical (unpaired) electrons. The van der Waals surface area contributed by atoms with E-state index in [-0.39, 0.29) is 69.3 Å². The highest BCUT2D eigenvalue weighted by molar-refractivity contribution is 5.96. The van der Waals surface area contributed by atoms with Crippen LogP contribution in [0.25, 0.3) is 0 Å². The number of nitrogens with one attached hydrogen (secondary N) is 5. The minimum atomic E-state index is -2.11. The fourth-order valence-corrected chi connectivity index (χ4v) is 8.00. The minimum absolute atomic E-state index is 0.00270. The maximum absolute atomic E-state index is 14.6. The van der Waals surface area contributed by atoms with E-state index in [4.69, 9.17) is 47.6 Å². The molecule has 436 valence electrons. The summed E-state index contributed by atoms with van der Waals surface area (Å²) in [4.78, 5) is 90.3. The number of guanidine groups is 2. The number of carboxylic acids is 1. The lowest BCUT2D eigenvalue weighted by Gasteiger charge is -2.46. The zero-order chi connectivity index (χ0) is 57.8. The van der Waals surface area contributed by atoms with Gasteiger partial charge >= 0.3 is 5.97 Å². The van der Waals surface area contributed by atoms with Crippen LogP contribution in [0.2, 0.25) is 0 Å².